The SMILES string of the molecule is CC1CCCN1CCCOc1ccc(C(=O)N[C@@H]2CCCC[C@H]2O)cc1. The van der Waals surface area contributed by atoms with Gasteiger partial charge in [0.1, 0.15) is 5.75 Å². The molecule has 1 heterocycles. The maximum Gasteiger partial charge on any atom is 0.251 e. The summed E-state index contributed by atoms with van der Waals surface area (Å²) in [6.45, 7) is 5.29. The van der Waals surface area contributed by atoms with E-state index < -0.39 is 6.10 Å². The number of aliphatic hydroxyl groups excluding tert-OH is 1. The Kier molecular flexibility index (Phi) is 6.92. The molecule has 5 heteroatoms. The first kappa shape index (κ1) is 19.2. The molecule has 0 spiro atoms. The van der Waals surface area contributed by atoms with E-state index in [2.05, 4.69) is 17.1 Å². The molecule has 1 aromatic carbocycles. The van der Waals surface area contributed by atoms with Crippen molar-refractivity contribution in [2.24, 2.45) is 0 Å². The molecule has 1 saturated carbocycles. The number of aliphatic hydroxyl groups is 1. The minimum Gasteiger partial charge on any atom is -0.494 e. The van der Waals surface area contributed by atoms with Crippen LogP contribution in [0.1, 0.15) is 62.2 Å². The maximum atomic E-state index is 12.3. The van der Waals surface area contributed by atoms with Gasteiger partial charge in [0.25, 0.3) is 5.91 Å². The number of hydrogen-bond donors (Lipinski definition) is 2. The van der Waals surface area contributed by atoms with Crippen molar-refractivity contribution in [2.45, 2.75) is 70.1 Å². The van der Waals surface area contributed by atoms with Crippen LogP contribution in [-0.4, -0.2) is 53.8 Å². The van der Waals surface area contributed by atoms with Gasteiger partial charge in [-0.2, -0.15) is 0 Å². The van der Waals surface area contributed by atoms with Crippen LogP contribution in [0.3, 0.4) is 0 Å². The fraction of sp³-hybridized carbons (Fsp3) is 0.667. The van der Waals surface area contributed by atoms with E-state index in [9.17, 15) is 9.90 Å². The zero-order valence-corrected chi connectivity index (χ0v) is 15.8. The van der Waals surface area contributed by atoms with Crippen LogP contribution in [0.4, 0.5) is 0 Å². The Bertz CT molecular complexity index is 575. The van der Waals surface area contributed by atoms with Gasteiger partial charge in [0.05, 0.1) is 18.8 Å². The van der Waals surface area contributed by atoms with Crippen LogP contribution in [-0.2, 0) is 0 Å². The van der Waals surface area contributed by atoms with Crippen molar-refractivity contribution in [2.75, 3.05) is 19.7 Å². The summed E-state index contributed by atoms with van der Waals surface area (Å²) in [5, 5.41) is 12.9. The van der Waals surface area contributed by atoms with Crippen LogP contribution in [0, 0.1) is 0 Å². The summed E-state index contributed by atoms with van der Waals surface area (Å²) >= 11 is 0. The zero-order valence-electron chi connectivity index (χ0n) is 15.8. The predicted octanol–water partition coefficient (Wildman–Crippen LogP) is 2.97. The van der Waals surface area contributed by atoms with Gasteiger partial charge in [-0.05, 0) is 69.8 Å². The van der Waals surface area contributed by atoms with Crippen LogP contribution < -0.4 is 10.1 Å². The number of carbonyl (C=O) groups is 1. The molecular weight excluding hydrogens is 328 g/mol. The second-order valence-corrected chi connectivity index (χ2v) is 7.69. The summed E-state index contributed by atoms with van der Waals surface area (Å²) in [6.07, 6.45) is 6.94. The topological polar surface area (TPSA) is 61.8 Å². The van der Waals surface area contributed by atoms with Gasteiger partial charge in [-0.25, -0.2) is 0 Å². The molecule has 26 heavy (non-hydrogen) atoms. The lowest BCUT2D eigenvalue weighted by molar-refractivity contribution is 0.0717. The summed E-state index contributed by atoms with van der Waals surface area (Å²) in [6, 6.07) is 7.87. The van der Waals surface area contributed by atoms with E-state index in [1.165, 1.54) is 19.4 Å². The van der Waals surface area contributed by atoms with Crippen LogP contribution in [0.15, 0.2) is 24.3 Å². The van der Waals surface area contributed by atoms with E-state index in [0.717, 1.165) is 44.4 Å². The molecular formula is C21H32N2O3. The number of nitrogens with one attached hydrogen (secondary N) is 1. The molecule has 0 radical (unpaired) electrons. The van der Waals surface area contributed by atoms with Gasteiger partial charge in [0, 0.05) is 18.2 Å². The van der Waals surface area contributed by atoms with Crippen molar-refractivity contribution in [3.05, 3.63) is 29.8 Å². The van der Waals surface area contributed by atoms with Crippen LogP contribution in [0.25, 0.3) is 0 Å². The molecule has 1 aliphatic heterocycles. The van der Waals surface area contributed by atoms with Crippen molar-refractivity contribution in [1.29, 1.82) is 0 Å². The third kappa shape index (κ3) is 5.21. The lowest BCUT2D eigenvalue weighted by atomic mass is 9.92. The third-order valence-electron chi connectivity index (χ3n) is 5.71. The first-order valence-electron chi connectivity index (χ1n) is 10.1. The Morgan fingerprint density at radius 3 is 2.65 bits per heavy atom. The minimum atomic E-state index is -0.423. The quantitative estimate of drug-likeness (QED) is 0.734. The molecule has 2 aliphatic rings. The highest BCUT2D eigenvalue weighted by Gasteiger charge is 2.24. The summed E-state index contributed by atoms with van der Waals surface area (Å²) in [4.78, 5) is 14.9. The van der Waals surface area contributed by atoms with Gasteiger partial charge < -0.3 is 20.1 Å². The second kappa shape index (κ2) is 9.38. The van der Waals surface area contributed by atoms with E-state index >= 15 is 0 Å². The Balaban J connectivity index is 1.40. The fourth-order valence-electron chi connectivity index (χ4n) is 4.02. The van der Waals surface area contributed by atoms with E-state index in [1.807, 2.05) is 12.1 Å². The molecule has 1 aromatic rings. The van der Waals surface area contributed by atoms with Gasteiger partial charge in [-0.3, -0.25) is 4.79 Å². The molecule has 0 aromatic heterocycles. The molecule has 3 atom stereocenters. The highest BCUT2D eigenvalue weighted by Crippen LogP contribution is 2.20. The molecule has 2 fully saturated rings. The molecule has 2 N–H and O–H groups in total. The van der Waals surface area contributed by atoms with Crippen molar-refractivity contribution in [3.8, 4) is 5.75 Å². The molecule has 1 aliphatic carbocycles. The fourth-order valence-corrected chi connectivity index (χ4v) is 4.02. The number of hydrogen-bond acceptors (Lipinski definition) is 4. The summed E-state index contributed by atoms with van der Waals surface area (Å²) in [5.41, 5.74) is 0.612. The zero-order chi connectivity index (χ0) is 18.4. The predicted molar refractivity (Wildman–Crippen MR) is 103 cm³/mol. The van der Waals surface area contributed by atoms with Gasteiger partial charge in [-0.15, -0.1) is 0 Å². The monoisotopic (exact) mass is 360 g/mol. The Labute approximate surface area is 156 Å². The van der Waals surface area contributed by atoms with E-state index in [-0.39, 0.29) is 11.9 Å². The first-order valence-corrected chi connectivity index (χ1v) is 10.1. The standard InChI is InChI=1S/C21H32N2O3/c1-16-6-4-13-23(16)14-5-15-26-18-11-9-17(10-12-18)21(25)22-19-7-2-3-8-20(19)24/h9-12,16,19-20,24H,2-8,13-15H2,1H3,(H,22,25)/t16?,19-,20-/m1/s1. The van der Waals surface area contributed by atoms with Gasteiger partial charge >= 0.3 is 0 Å². The van der Waals surface area contributed by atoms with Crippen molar-refractivity contribution in [1.82, 2.24) is 10.2 Å². The third-order valence-corrected chi connectivity index (χ3v) is 5.71. The number of ether oxygens (including phenoxy) is 1. The Morgan fingerprint density at radius 1 is 1.19 bits per heavy atom. The highest BCUT2D eigenvalue weighted by molar-refractivity contribution is 5.94. The second-order valence-electron chi connectivity index (χ2n) is 7.69. The smallest absolute Gasteiger partial charge is 0.251 e. The Hall–Kier alpha value is -1.59. The lowest BCUT2D eigenvalue weighted by Crippen LogP contribution is -2.45. The molecule has 3 rings (SSSR count). The highest BCUT2D eigenvalue weighted by atomic mass is 16.5. The molecule has 0 bridgehead atoms. The largest absolute Gasteiger partial charge is 0.494 e. The summed E-state index contributed by atoms with van der Waals surface area (Å²) in [5.74, 6) is 0.680. The van der Waals surface area contributed by atoms with Gasteiger partial charge in [0.2, 0.25) is 0 Å². The van der Waals surface area contributed by atoms with E-state index in [0.29, 0.717) is 18.2 Å². The van der Waals surface area contributed by atoms with Crippen LogP contribution in [0.5, 0.6) is 5.75 Å². The van der Waals surface area contributed by atoms with Gasteiger partial charge in [0.15, 0.2) is 0 Å². The molecule has 5 nitrogen and oxygen atoms in total. The number of carbonyl (C=O) groups excluding carboxylic acids is 1. The molecule has 144 valence electrons. The van der Waals surface area contributed by atoms with Crippen molar-refractivity contribution >= 4 is 5.91 Å². The van der Waals surface area contributed by atoms with E-state index in [4.69, 9.17) is 4.74 Å². The molecule has 1 saturated heterocycles. The minimum absolute atomic E-state index is 0.120. The Morgan fingerprint density at radius 2 is 1.96 bits per heavy atom. The number of rotatable bonds is 7. The average Bonchev–Trinajstić information content (AvgIpc) is 3.06. The number of nitrogens with zero attached hydrogens (tertiary/aromatic N) is 1. The van der Waals surface area contributed by atoms with Crippen molar-refractivity contribution < 1.29 is 14.6 Å². The van der Waals surface area contributed by atoms with Crippen LogP contribution >= 0.6 is 0 Å². The summed E-state index contributed by atoms with van der Waals surface area (Å²) < 4.78 is 5.80. The van der Waals surface area contributed by atoms with E-state index in [1.54, 1.807) is 12.1 Å². The average molecular weight is 360 g/mol. The maximum absolute atomic E-state index is 12.3. The van der Waals surface area contributed by atoms with Crippen molar-refractivity contribution in [3.63, 3.8) is 0 Å². The number of likely N-dealkylation sites (tertiary alicyclic amines) is 1. The number of benzene rings is 1. The normalized spacial score (nSPS) is 26.6. The first-order chi connectivity index (χ1) is 12.6. The molecule has 1 unspecified atom stereocenters. The van der Waals surface area contributed by atoms with Crippen LogP contribution in [0.2, 0.25) is 0 Å². The summed E-state index contributed by atoms with van der Waals surface area (Å²) in [7, 11) is 0. The lowest BCUT2D eigenvalue weighted by Gasteiger charge is -2.28. The number of amides is 1. The molecule has 1 amide bonds. The van der Waals surface area contributed by atoms with Gasteiger partial charge in [-0.1, -0.05) is 12.8 Å².